The summed E-state index contributed by atoms with van der Waals surface area (Å²) in [5.74, 6) is 0.555. The van der Waals surface area contributed by atoms with Gasteiger partial charge in [0.05, 0.1) is 6.07 Å². The molecule has 1 atom stereocenters. The molecule has 0 bridgehead atoms. The minimum Gasteiger partial charge on any atom is -0.304 e. The Morgan fingerprint density at radius 3 is 2.19 bits per heavy atom. The Hall–Kier alpha value is -1.37. The van der Waals surface area contributed by atoms with Gasteiger partial charge in [0.1, 0.15) is 5.54 Å². The third kappa shape index (κ3) is 3.84. The van der Waals surface area contributed by atoms with Crippen LogP contribution in [0.25, 0.3) is 0 Å². The molecule has 0 saturated carbocycles. The molecular formula is C18H27N3. The maximum atomic E-state index is 9.70. The van der Waals surface area contributed by atoms with Crippen molar-refractivity contribution in [2.45, 2.75) is 38.6 Å². The van der Waals surface area contributed by atoms with Crippen molar-refractivity contribution in [1.82, 2.24) is 9.80 Å². The predicted molar refractivity (Wildman–Crippen MR) is 87.3 cm³/mol. The third-order valence-electron chi connectivity index (χ3n) is 4.64. The highest BCUT2D eigenvalue weighted by molar-refractivity contribution is 5.27. The van der Waals surface area contributed by atoms with Gasteiger partial charge in [-0.1, -0.05) is 38.1 Å². The van der Waals surface area contributed by atoms with Crippen LogP contribution >= 0.6 is 0 Å². The second-order valence-electron chi connectivity index (χ2n) is 6.75. The van der Waals surface area contributed by atoms with Crippen LogP contribution in [0, 0.1) is 11.3 Å². The fourth-order valence-electron chi connectivity index (χ4n) is 2.94. The highest BCUT2D eigenvalue weighted by Crippen LogP contribution is 2.23. The van der Waals surface area contributed by atoms with Crippen molar-refractivity contribution in [3.8, 4) is 6.07 Å². The maximum Gasteiger partial charge on any atom is 0.110 e. The lowest BCUT2D eigenvalue weighted by Gasteiger charge is -2.41. The van der Waals surface area contributed by atoms with Gasteiger partial charge in [-0.15, -0.1) is 0 Å². The summed E-state index contributed by atoms with van der Waals surface area (Å²) in [5, 5.41) is 9.70. The molecule has 0 aliphatic carbocycles. The van der Waals surface area contributed by atoms with E-state index in [1.165, 1.54) is 11.1 Å². The molecule has 1 saturated heterocycles. The van der Waals surface area contributed by atoms with Crippen LogP contribution in [0.5, 0.6) is 0 Å². The van der Waals surface area contributed by atoms with E-state index < -0.39 is 5.54 Å². The van der Waals surface area contributed by atoms with Gasteiger partial charge in [0.25, 0.3) is 0 Å². The Morgan fingerprint density at radius 2 is 1.71 bits per heavy atom. The molecule has 21 heavy (non-hydrogen) atoms. The summed E-state index contributed by atoms with van der Waals surface area (Å²) in [5.41, 5.74) is 2.21. The van der Waals surface area contributed by atoms with Gasteiger partial charge in [0, 0.05) is 32.6 Å². The molecule has 1 aliphatic rings. The smallest absolute Gasteiger partial charge is 0.110 e. The van der Waals surface area contributed by atoms with Crippen LogP contribution in [0.3, 0.4) is 0 Å². The van der Waals surface area contributed by atoms with Gasteiger partial charge >= 0.3 is 0 Å². The Balaban J connectivity index is 2.09. The quantitative estimate of drug-likeness (QED) is 0.852. The van der Waals surface area contributed by atoms with Gasteiger partial charge in [0.15, 0.2) is 0 Å². The average molecular weight is 285 g/mol. The first kappa shape index (κ1) is 16.0. The highest BCUT2D eigenvalue weighted by atomic mass is 15.3. The summed E-state index contributed by atoms with van der Waals surface area (Å²) in [7, 11) is 2.14. The second kappa shape index (κ2) is 6.60. The molecule has 0 N–H and O–H groups in total. The van der Waals surface area contributed by atoms with Crippen LogP contribution in [-0.2, 0) is 6.42 Å². The zero-order chi connectivity index (χ0) is 15.5. The summed E-state index contributed by atoms with van der Waals surface area (Å²) < 4.78 is 0. The van der Waals surface area contributed by atoms with E-state index in [2.05, 4.69) is 68.0 Å². The lowest BCUT2D eigenvalue weighted by Crippen LogP contribution is -2.55. The number of likely N-dealkylation sites (N-methyl/N-ethyl adjacent to an activating group) is 1. The van der Waals surface area contributed by atoms with Crippen LogP contribution in [0.2, 0.25) is 0 Å². The van der Waals surface area contributed by atoms with Crippen LogP contribution in [-0.4, -0.2) is 48.6 Å². The topological polar surface area (TPSA) is 30.3 Å². The van der Waals surface area contributed by atoms with Crippen molar-refractivity contribution in [2.24, 2.45) is 0 Å². The Morgan fingerprint density at radius 1 is 1.14 bits per heavy atom. The molecule has 1 aromatic rings. The minimum atomic E-state index is -0.402. The van der Waals surface area contributed by atoms with Crippen molar-refractivity contribution in [3.63, 3.8) is 0 Å². The molecule has 3 nitrogen and oxygen atoms in total. The van der Waals surface area contributed by atoms with Crippen molar-refractivity contribution in [1.29, 1.82) is 5.26 Å². The SMILES string of the molecule is CC(C)c1ccc(CC(C)(C#N)N2CCN(C)CC2)cc1. The first-order chi connectivity index (χ1) is 9.94. The molecule has 1 unspecified atom stereocenters. The minimum absolute atomic E-state index is 0.402. The molecular weight excluding hydrogens is 258 g/mol. The van der Waals surface area contributed by atoms with E-state index in [0.717, 1.165) is 32.6 Å². The van der Waals surface area contributed by atoms with E-state index in [0.29, 0.717) is 5.92 Å². The Bertz CT molecular complexity index is 492. The Kier molecular flexibility index (Phi) is 5.03. The number of piperazine rings is 1. The fourth-order valence-corrected chi connectivity index (χ4v) is 2.94. The largest absolute Gasteiger partial charge is 0.304 e. The van der Waals surface area contributed by atoms with Crippen molar-refractivity contribution < 1.29 is 0 Å². The third-order valence-corrected chi connectivity index (χ3v) is 4.64. The maximum absolute atomic E-state index is 9.70. The van der Waals surface area contributed by atoms with E-state index in [1.54, 1.807) is 0 Å². The summed E-state index contributed by atoms with van der Waals surface area (Å²) in [4.78, 5) is 4.66. The van der Waals surface area contributed by atoms with E-state index in [9.17, 15) is 5.26 Å². The summed E-state index contributed by atoms with van der Waals surface area (Å²) in [6.45, 7) is 10.5. The van der Waals surface area contributed by atoms with Gasteiger partial charge in [-0.3, -0.25) is 4.90 Å². The average Bonchev–Trinajstić information content (AvgIpc) is 2.48. The zero-order valence-corrected chi connectivity index (χ0v) is 13.8. The monoisotopic (exact) mass is 285 g/mol. The van der Waals surface area contributed by atoms with Crippen LogP contribution in [0.4, 0.5) is 0 Å². The summed E-state index contributed by atoms with van der Waals surface area (Å²) >= 11 is 0. The standard InChI is InChI=1S/C18H27N3/c1-15(2)17-7-5-16(6-8-17)13-18(3,14-19)21-11-9-20(4)10-12-21/h5-8,15H,9-13H2,1-4H3. The van der Waals surface area contributed by atoms with E-state index in [-0.39, 0.29) is 0 Å². The number of hydrogen-bond donors (Lipinski definition) is 0. The number of rotatable bonds is 4. The fraction of sp³-hybridized carbons (Fsp3) is 0.611. The normalized spacial score (nSPS) is 20.2. The van der Waals surface area contributed by atoms with Gasteiger partial charge in [-0.2, -0.15) is 5.26 Å². The molecule has 0 spiro atoms. The summed E-state index contributed by atoms with van der Waals surface area (Å²) in [6.07, 6.45) is 0.797. The number of nitrogens with zero attached hydrogens (tertiary/aromatic N) is 3. The number of nitriles is 1. The summed E-state index contributed by atoms with van der Waals surface area (Å²) in [6, 6.07) is 11.3. The Labute approximate surface area is 129 Å². The molecule has 0 radical (unpaired) electrons. The van der Waals surface area contributed by atoms with Gasteiger partial charge in [-0.05, 0) is 31.0 Å². The van der Waals surface area contributed by atoms with Gasteiger partial charge in [0.2, 0.25) is 0 Å². The van der Waals surface area contributed by atoms with Gasteiger partial charge < -0.3 is 4.90 Å². The van der Waals surface area contributed by atoms with Crippen molar-refractivity contribution in [3.05, 3.63) is 35.4 Å². The van der Waals surface area contributed by atoms with Crippen LogP contribution in [0.15, 0.2) is 24.3 Å². The van der Waals surface area contributed by atoms with E-state index >= 15 is 0 Å². The first-order valence-electron chi connectivity index (χ1n) is 7.88. The van der Waals surface area contributed by atoms with Crippen molar-refractivity contribution >= 4 is 0 Å². The molecule has 1 aliphatic heterocycles. The number of benzene rings is 1. The van der Waals surface area contributed by atoms with Gasteiger partial charge in [-0.25, -0.2) is 0 Å². The second-order valence-corrected chi connectivity index (χ2v) is 6.75. The lowest BCUT2D eigenvalue weighted by atomic mass is 9.90. The van der Waals surface area contributed by atoms with E-state index in [4.69, 9.17) is 0 Å². The molecule has 1 fully saturated rings. The molecule has 3 heteroatoms. The molecule has 0 aromatic heterocycles. The highest BCUT2D eigenvalue weighted by Gasteiger charge is 2.33. The predicted octanol–water partition coefficient (Wildman–Crippen LogP) is 2.88. The van der Waals surface area contributed by atoms with E-state index in [1.807, 2.05) is 0 Å². The molecule has 2 rings (SSSR count). The lowest BCUT2D eigenvalue weighted by molar-refractivity contribution is 0.0835. The molecule has 1 heterocycles. The van der Waals surface area contributed by atoms with Crippen LogP contribution in [0.1, 0.15) is 37.8 Å². The first-order valence-corrected chi connectivity index (χ1v) is 7.88. The zero-order valence-electron chi connectivity index (χ0n) is 13.8. The molecule has 1 aromatic carbocycles. The van der Waals surface area contributed by atoms with Crippen LogP contribution < -0.4 is 0 Å². The molecule has 0 amide bonds. The molecule has 114 valence electrons. The number of hydrogen-bond acceptors (Lipinski definition) is 3. The van der Waals surface area contributed by atoms with Crippen molar-refractivity contribution in [2.75, 3.05) is 33.2 Å².